The highest BCUT2D eigenvalue weighted by Gasteiger charge is 2.26. The Morgan fingerprint density at radius 1 is 1.39 bits per heavy atom. The number of aromatic nitrogens is 4. The molecule has 1 amide bonds. The average Bonchev–Trinajstić information content (AvgIpc) is 3.55. The zero-order valence-electron chi connectivity index (χ0n) is 17.8. The SMILES string of the molecule is Cc1c(C#N)c(NC(=O)CSc2nncn2CCc2cccs2)n(C2CCCC2)c1C. The van der Waals surface area contributed by atoms with Crippen molar-refractivity contribution in [1.29, 1.82) is 5.26 Å². The van der Waals surface area contributed by atoms with E-state index < -0.39 is 0 Å². The molecule has 7 nitrogen and oxygen atoms in total. The number of carbonyl (C=O) groups is 1. The number of amides is 1. The summed E-state index contributed by atoms with van der Waals surface area (Å²) in [7, 11) is 0. The molecule has 0 bridgehead atoms. The molecule has 1 fully saturated rings. The van der Waals surface area contributed by atoms with Crippen molar-refractivity contribution in [3.05, 3.63) is 45.5 Å². The van der Waals surface area contributed by atoms with E-state index in [1.807, 2.05) is 24.5 Å². The van der Waals surface area contributed by atoms with Crippen LogP contribution >= 0.6 is 23.1 Å². The minimum Gasteiger partial charge on any atom is -0.327 e. The summed E-state index contributed by atoms with van der Waals surface area (Å²) in [4.78, 5) is 14.1. The Morgan fingerprint density at radius 3 is 2.90 bits per heavy atom. The van der Waals surface area contributed by atoms with Gasteiger partial charge in [-0.15, -0.1) is 21.5 Å². The molecular weight excluding hydrogens is 428 g/mol. The zero-order valence-corrected chi connectivity index (χ0v) is 19.4. The van der Waals surface area contributed by atoms with Crippen molar-refractivity contribution in [2.45, 2.75) is 63.7 Å². The van der Waals surface area contributed by atoms with E-state index in [1.165, 1.54) is 29.5 Å². The number of thiophene rings is 1. The number of anilines is 1. The Labute approximate surface area is 190 Å². The van der Waals surface area contributed by atoms with Gasteiger partial charge in [-0.05, 0) is 50.1 Å². The molecule has 0 saturated heterocycles. The number of nitrogens with zero attached hydrogens (tertiary/aromatic N) is 5. The smallest absolute Gasteiger partial charge is 0.235 e. The molecule has 0 unspecified atom stereocenters. The van der Waals surface area contributed by atoms with E-state index >= 15 is 0 Å². The fourth-order valence-electron chi connectivity index (χ4n) is 4.20. The van der Waals surface area contributed by atoms with Crippen molar-refractivity contribution in [1.82, 2.24) is 19.3 Å². The van der Waals surface area contributed by atoms with Gasteiger partial charge in [0.25, 0.3) is 0 Å². The van der Waals surface area contributed by atoms with E-state index in [1.54, 1.807) is 17.7 Å². The summed E-state index contributed by atoms with van der Waals surface area (Å²) < 4.78 is 4.15. The molecule has 162 valence electrons. The molecule has 0 atom stereocenters. The summed E-state index contributed by atoms with van der Waals surface area (Å²) in [5, 5.41) is 23.7. The van der Waals surface area contributed by atoms with Crippen molar-refractivity contribution >= 4 is 34.8 Å². The Morgan fingerprint density at radius 2 is 2.19 bits per heavy atom. The minimum absolute atomic E-state index is 0.133. The van der Waals surface area contributed by atoms with Crippen LogP contribution in [0.1, 0.15) is 53.4 Å². The maximum atomic E-state index is 12.8. The lowest BCUT2D eigenvalue weighted by molar-refractivity contribution is -0.113. The number of hydrogen-bond donors (Lipinski definition) is 1. The number of nitriles is 1. The van der Waals surface area contributed by atoms with Gasteiger partial charge in [-0.1, -0.05) is 30.7 Å². The molecule has 9 heteroatoms. The second kappa shape index (κ2) is 9.71. The van der Waals surface area contributed by atoms with Crippen molar-refractivity contribution < 1.29 is 4.79 Å². The van der Waals surface area contributed by atoms with Crippen LogP contribution in [0.15, 0.2) is 29.0 Å². The third kappa shape index (κ3) is 4.70. The van der Waals surface area contributed by atoms with Gasteiger partial charge in [0.1, 0.15) is 18.2 Å². The highest BCUT2D eigenvalue weighted by atomic mass is 32.2. The van der Waals surface area contributed by atoms with Crippen molar-refractivity contribution in [3.8, 4) is 6.07 Å². The first-order valence-corrected chi connectivity index (χ1v) is 12.4. The quantitative estimate of drug-likeness (QED) is 0.498. The van der Waals surface area contributed by atoms with Gasteiger partial charge in [0, 0.05) is 23.2 Å². The largest absolute Gasteiger partial charge is 0.327 e. The molecule has 3 aromatic rings. The average molecular weight is 455 g/mol. The maximum Gasteiger partial charge on any atom is 0.235 e. The molecule has 1 aliphatic rings. The number of nitrogens with one attached hydrogen (secondary N) is 1. The molecule has 31 heavy (non-hydrogen) atoms. The van der Waals surface area contributed by atoms with E-state index in [0.29, 0.717) is 17.4 Å². The molecule has 4 rings (SSSR count). The van der Waals surface area contributed by atoms with Gasteiger partial charge in [-0.2, -0.15) is 5.26 Å². The molecule has 0 aromatic carbocycles. The van der Waals surface area contributed by atoms with Gasteiger partial charge >= 0.3 is 0 Å². The lowest BCUT2D eigenvalue weighted by Crippen LogP contribution is -2.20. The summed E-state index contributed by atoms with van der Waals surface area (Å²) in [6.07, 6.45) is 7.17. The van der Waals surface area contributed by atoms with E-state index in [2.05, 4.69) is 37.6 Å². The molecule has 0 spiro atoms. The third-order valence-corrected chi connectivity index (χ3v) is 7.82. The topological polar surface area (TPSA) is 88.5 Å². The lowest BCUT2D eigenvalue weighted by atomic mass is 10.2. The number of carbonyl (C=O) groups excluding carboxylic acids is 1. The van der Waals surface area contributed by atoms with Gasteiger partial charge in [0.05, 0.1) is 11.3 Å². The molecule has 1 N–H and O–H groups in total. The first-order valence-electron chi connectivity index (χ1n) is 10.5. The van der Waals surface area contributed by atoms with E-state index in [0.717, 1.165) is 42.2 Å². The predicted octanol–water partition coefficient (Wildman–Crippen LogP) is 4.72. The van der Waals surface area contributed by atoms with E-state index in [9.17, 15) is 10.1 Å². The molecule has 0 aliphatic heterocycles. The number of hydrogen-bond acceptors (Lipinski definition) is 6. The van der Waals surface area contributed by atoms with Gasteiger partial charge in [-0.25, -0.2) is 0 Å². The molecule has 3 heterocycles. The zero-order chi connectivity index (χ0) is 21.8. The number of thioether (sulfide) groups is 1. The Kier molecular flexibility index (Phi) is 6.78. The Hall–Kier alpha value is -2.57. The van der Waals surface area contributed by atoms with Gasteiger partial charge in [-0.3, -0.25) is 4.79 Å². The molecule has 3 aromatic heterocycles. The first kappa shape index (κ1) is 21.7. The van der Waals surface area contributed by atoms with Crippen molar-refractivity contribution in [2.24, 2.45) is 0 Å². The fourth-order valence-corrected chi connectivity index (χ4v) is 5.64. The maximum absolute atomic E-state index is 12.8. The molecule has 0 radical (unpaired) electrons. The molecule has 1 aliphatic carbocycles. The van der Waals surface area contributed by atoms with Crippen LogP contribution in [-0.4, -0.2) is 31.0 Å². The van der Waals surface area contributed by atoms with Crippen LogP contribution in [0.4, 0.5) is 5.82 Å². The van der Waals surface area contributed by atoms with Crippen LogP contribution in [0, 0.1) is 25.2 Å². The highest BCUT2D eigenvalue weighted by Crippen LogP contribution is 2.37. The summed E-state index contributed by atoms with van der Waals surface area (Å²) in [5.41, 5.74) is 2.59. The summed E-state index contributed by atoms with van der Waals surface area (Å²) >= 11 is 3.10. The van der Waals surface area contributed by atoms with Crippen LogP contribution in [0.2, 0.25) is 0 Å². The fraction of sp³-hybridized carbons (Fsp3) is 0.455. The molecular formula is C22H26N6OS2. The van der Waals surface area contributed by atoms with Crippen LogP contribution in [-0.2, 0) is 17.8 Å². The van der Waals surface area contributed by atoms with Gasteiger partial charge in [0.2, 0.25) is 5.91 Å². The monoisotopic (exact) mass is 454 g/mol. The second-order valence-corrected chi connectivity index (χ2v) is 9.80. The van der Waals surface area contributed by atoms with Crippen LogP contribution in [0.5, 0.6) is 0 Å². The highest BCUT2D eigenvalue weighted by molar-refractivity contribution is 7.99. The second-order valence-electron chi connectivity index (χ2n) is 7.83. The normalized spacial score (nSPS) is 14.1. The third-order valence-electron chi connectivity index (χ3n) is 5.91. The molecule has 1 saturated carbocycles. The number of rotatable bonds is 8. The predicted molar refractivity (Wildman–Crippen MR) is 124 cm³/mol. The van der Waals surface area contributed by atoms with Crippen molar-refractivity contribution in [2.75, 3.05) is 11.1 Å². The Bertz CT molecular complexity index is 1090. The van der Waals surface area contributed by atoms with Gasteiger partial charge in [0.15, 0.2) is 5.16 Å². The van der Waals surface area contributed by atoms with E-state index in [4.69, 9.17) is 0 Å². The number of aryl methyl sites for hydroxylation is 2. The van der Waals surface area contributed by atoms with Crippen molar-refractivity contribution in [3.63, 3.8) is 0 Å². The Balaban J connectivity index is 1.43. The summed E-state index contributed by atoms with van der Waals surface area (Å²) in [5.74, 6) is 0.733. The first-order chi connectivity index (χ1) is 15.1. The van der Waals surface area contributed by atoms with Crippen LogP contribution < -0.4 is 5.32 Å². The summed E-state index contributed by atoms with van der Waals surface area (Å²) in [6.45, 7) is 4.77. The minimum atomic E-state index is -0.133. The standard InChI is InChI=1S/C22H26N6OS2/c1-15-16(2)28(17-6-3-4-7-17)21(19(15)12-23)25-20(29)13-31-22-26-24-14-27(22)10-9-18-8-5-11-30-18/h5,8,11,14,17H,3-4,6-7,9-10,13H2,1-2H3,(H,25,29). The van der Waals surface area contributed by atoms with Crippen LogP contribution in [0.25, 0.3) is 0 Å². The van der Waals surface area contributed by atoms with Gasteiger partial charge < -0.3 is 14.5 Å². The van der Waals surface area contributed by atoms with E-state index in [-0.39, 0.29) is 11.7 Å². The van der Waals surface area contributed by atoms with Crippen LogP contribution in [0.3, 0.4) is 0 Å². The lowest BCUT2D eigenvalue weighted by Gasteiger charge is -2.19. The summed E-state index contributed by atoms with van der Waals surface area (Å²) in [6, 6.07) is 6.81.